The first kappa shape index (κ1) is 15.1. The van der Waals surface area contributed by atoms with E-state index < -0.39 is 0 Å². The van der Waals surface area contributed by atoms with Crippen molar-refractivity contribution in [2.24, 2.45) is 7.05 Å². The summed E-state index contributed by atoms with van der Waals surface area (Å²) in [5.41, 5.74) is 1.96. The molecule has 0 aliphatic rings. The Kier molecular flexibility index (Phi) is 4.59. The fourth-order valence-corrected chi connectivity index (χ4v) is 2.22. The maximum absolute atomic E-state index is 12.6. The zero-order valence-corrected chi connectivity index (χ0v) is 12.9. The number of rotatable bonds is 4. The predicted molar refractivity (Wildman–Crippen MR) is 90.2 cm³/mol. The monoisotopic (exact) mass is 302 g/mol. The molecule has 0 bridgehead atoms. The molecule has 5 nitrogen and oxygen atoms in total. The molecule has 1 aromatic carbocycles. The molecular weight excluding hydrogens is 284 g/mol. The van der Waals surface area contributed by atoms with Crippen LogP contribution >= 0.6 is 12.2 Å². The molecule has 0 saturated heterocycles. The van der Waals surface area contributed by atoms with Crippen molar-refractivity contribution in [3.63, 3.8) is 0 Å². The summed E-state index contributed by atoms with van der Waals surface area (Å²) in [6.07, 6.45) is 1.70. The van der Waals surface area contributed by atoms with E-state index in [0.717, 1.165) is 11.4 Å². The van der Waals surface area contributed by atoms with Crippen molar-refractivity contribution >= 4 is 23.0 Å². The van der Waals surface area contributed by atoms with Gasteiger partial charge in [0.2, 0.25) is 0 Å². The van der Waals surface area contributed by atoms with Crippen LogP contribution in [0.4, 0.5) is 5.69 Å². The van der Waals surface area contributed by atoms with Crippen LogP contribution in [0, 0.1) is 6.92 Å². The minimum Gasteiger partial charge on any atom is -0.359 e. The Morgan fingerprint density at radius 3 is 2.67 bits per heavy atom. The van der Waals surface area contributed by atoms with Crippen LogP contribution in [0.15, 0.2) is 47.8 Å². The van der Waals surface area contributed by atoms with Crippen molar-refractivity contribution in [2.75, 3.05) is 11.9 Å². The highest BCUT2D eigenvalue weighted by Crippen LogP contribution is 2.13. The second-order valence-corrected chi connectivity index (χ2v) is 4.97. The smallest absolute Gasteiger partial charge is 0.295 e. The summed E-state index contributed by atoms with van der Waals surface area (Å²) in [5.74, 6) is 0. The van der Waals surface area contributed by atoms with Gasteiger partial charge >= 0.3 is 0 Å². The van der Waals surface area contributed by atoms with Crippen LogP contribution in [-0.4, -0.2) is 21.0 Å². The topological polar surface area (TPSA) is 51.0 Å². The van der Waals surface area contributed by atoms with E-state index in [9.17, 15) is 4.79 Å². The third-order valence-corrected chi connectivity index (χ3v) is 3.45. The molecule has 0 spiro atoms. The lowest BCUT2D eigenvalue weighted by atomic mass is 10.3. The van der Waals surface area contributed by atoms with Gasteiger partial charge in [0.25, 0.3) is 5.56 Å². The average Bonchev–Trinajstić information content (AvgIpc) is 2.70. The molecule has 1 heterocycles. The molecule has 0 atom stereocenters. The summed E-state index contributed by atoms with van der Waals surface area (Å²) >= 11 is 5.16. The van der Waals surface area contributed by atoms with Gasteiger partial charge in [-0.05, 0) is 31.3 Å². The van der Waals surface area contributed by atoms with Gasteiger partial charge in [0, 0.05) is 13.6 Å². The van der Waals surface area contributed by atoms with Gasteiger partial charge in [-0.3, -0.25) is 9.48 Å². The molecule has 110 valence electrons. The van der Waals surface area contributed by atoms with Crippen LogP contribution in [-0.2, 0) is 7.05 Å². The largest absolute Gasteiger partial charge is 0.359 e. The van der Waals surface area contributed by atoms with Gasteiger partial charge in [-0.1, -0.05) is 24.3 Å². The van der Waals surface area contributed by atoms with E-state index in [2.05, 4.69) is 17.2 Å². The first-order valence-electron chi connectivity index (χ1n) is 6.56. The van der Waals surface area contributed by atoms with E-state index in [-0.39, 0.29) is 5.56 Å². The molecule has 6 heteroatoms. The summed E-state index contributed by atoms with van der Waals surface area (Å²) < 4.78 is 3.41. The Morgan fingerprint density at radius 2 is 2.05 bits per heavy atom. The van der Waals surface area contributed by atoms with Crippen molar-refractivity contribution in [1.29, 1.82) is 0 Å². The van der Waals surface area contributed by atoms with Crippen LogP contribution in [0.2, 0.25) is 0 Å². The Hall–Kier alpha value is -2.34. The number of hydrogen-bond acceptors (Lipinski definition) is 2. The summed E-state index contributed by atoms with van der Waals surface area (Å²) in [6, 6.07) is 9.48. The van der Waals surface area contributed by atoms with Gasteiger partial charge in [-0.15, -0.1) is 6.58 Å². The van der Waals surface area contributed by atoms with Gasteiger partial charge in [0.05, 0.1) is 11.4 Å². The van der Waals surface area contributed by atoms with Crippen molar-refractivity contribution in [2.45, 2.75) is 6.92 Å². The minimum atomic E-state index is -0.135. The lowest BCUT2D eigenvalue weighted by molar-refractivity contribution is 0.630. The Bertz CT molecular complexity index is 715. The number of aromatic nitrogens is 2. The third-order valence-electron chi connectivity index (χ3n) is 3.20. The van der Waals surface area contributed by atoms with E-state index >= 15 is 0 Å². The van der Waals surface area contributed by atoms with E-state index in [0.29, 0.717) is 17.3 Å². The maximum Gasteiger partial charge on any atom is 0.295 e. The van der Waals surface area contributed by atoms with Crippen LogP contribution in [0.25, 0.3) is 5.69 Å². The third kappa shape index (κ3) is 3.05. The maximum atomic E-state index is 12.6. The Morgan fingerprint density at radius 1 is 1.38 bits per heavy atom. The average molecular weight is 302 g/mol. The van der Waals surface area contributed by atoms with Gasteiger partial charge in [-0.2, -0.15) is 0 Å². The predicted octanol–water partition coefficient (Wildman–Crippen LogP) is 1.96. The van der Waals surface area contributed by atoms with Crippen LogP contribution < -0.4 is 16.2 Å². The van der Waals surface area contributed by atoms with Crippen molar-refractivity contribution in [3.8, 4) is 5.69 Å². The number of para-hydroxylation sites is 1. The van der Waals surface area contributed by atoms with Gasteiger partial charge in [0.15, 0.2) is 5.11 Å². The molecular formula is C15H18N4OS. The first-order valence-corrected chi connectivity index (χ1v) is 6.97. The summed E-state index contributed by atoms with van der Waals surface area (Å²) in [5, 5.41) is 6.31. The normalized spacial score (nSPS) is 10.2. The molecule has 0 saturated carbocycles. The van der Waals surface area contributed by atoms with Crippen molar-refractivity contribution < 1.29 is 0 Å². The highest BCUT2D eigenvalue weighted by molar-refractivity contribution is 7.80. The molecule has 0 amide bonds. The lowest BCUT2D eigenvalue weighted by Crippen LogP contribution is -2.31. The zero-order chi connectivity index (χ0) is 15.4. The molecule has 0 radical (unpaired) electrons. The van der Waals surface area contributed by atoms with E-state index in [1.54, 1.807) is 15.4 Å². The molecule has 0 aliphatic carbocycles. The van der Waals surface area contributed by atoms with E-state index in [4.69, 9.17) is 12.2 Å². The molecule has 2 aromatic rings. The molecule has 0 fully saturated rings. The molecule has 0 unspecified atom stereocenters. The number of thiocarbonyl (C=S) groups is 1. The Labute approximate surface area is 128 Å². The number of hydrogen-bond donors (Lipinski definition) is 2. The SMILES string of the molecule is C=CCNC(=S)Nc1c(C)n(C)n(-c2ccccc2)c1=O. The Balaban J connectivity index is 2.39. The highest BCUT2D eigenvalue weighted by atomic mass is 32.1. The number of anilines is 1. The fraction of sp³-hybridized carbons (Fsp3) is 0.200. The summed E-state index contributed by atoms with van der Waals surface area (Å²) in [6.45, 7) is 6.03. The fourth-order valence-electron chi connectivity index (χ4n) is 2.03. The van der Waals surface area contributed by atoms with Crippen LogP contribution in [0.1, 0.15) is 5.69 Å². The summed E-state index contributed by atoms with van der Waals surface area (Å²) in [4.78, 5) is 12.6. The number of benzene rings is 1. The van der Waals surface area contributed by atoms with Gasteiger partial charge in [0.1, 0.15) is 5.69 Å². The van der Waals surface area contributed by atoms with Crippen molar-refractivity contribution in [3.05, 3.63) is 59.0 Å². The molecule has 0 aliphatic heterocycles. The van der Waals surface area contributed by atoms with Crippen LogP contribution in [0.5, 0.6) is 0 Å². The quantitative estimate of drug-likeness (QED) is 0.669. The summed E-state index contributed by atoms with van der Waals surface area (Å²) in [7, 11) is 1.84. The number of nitrogens with zero attached hydrogens (tertiary/aromatic N) is 2. The van der Waals surface area contributed by atoms with E-state index in [1.165, 1.54) is 0 Å². The highest BCUT2D eigenvalue weighted by Gasteiger charge is 2.16. The minimum absolute atomic E-state index is 0.135. The first-order chi connectivity index (χ1) is 10.1. The van der Waals surface area contributed by atoms with Gasteiger partial charge < -0.3 is 10.6 Å². The van der Waals surface area contributed by atoms with Crippen molar-refractivity contribution in [1.82, 2.24) is 14.7 Å². The number of nitrogens with one attached hydrogen (secondary N) is 2. The second-order valence-electron chi connectivity index (χ2n) is 4.56. The van der Waals surface area contributed by atoms with Crippen LogP contribution in [0.3, 0.4) is 0 Å². The van der Waals surface area contributed by atoms with E-state index in [1.807, 2.05) is 44.3 Å². The molecule has 2 N–H and O–H groups in total. The second kappa shape index (κ2) is 6.41. The van der Waals surface area contributed by atoms with Gasteiger partial charge in [-0.25, -0.2) is 4.68 Å². The lowest BCUT2D eigenvalue weighted by Gasteiger charge is -2.07. The zero-order valence-electron chi connectivity index (χ0n) is 12.1. The standard InChI is InChI=1S/C15H18N4OS/c1-4-10-16-15(21)17-13-11(2)18(3)19(14(13)20)12-8-6-5-7-9-12/h4-9H,1,10H2,2-3H3,(H2,16,17,21). The molecule has 2 rings (SSSR count). The molecule has 1 aromatic heterocycles. The molecule has 21 heavy (non-hydrogen) atoms.